The highest BCUT2D eigenvalue weighted by Crippen LogP contribution is 2.37. The molecule has 1 aliphatic carbocycles. The third kappa shape index (κ3) is 2.02. The van der Waals surface area contributed by atoms with Crippen LogP contribution in [0.25, 0.3) is 0 Å². The molecule has 3 rings (SSSR count). The highest BCUT2D eigenvalue weighted by molar-refractivity contribution is 5.39. The number of hydrogen-bond acceptors (Lipinski definition) is 3. The van der Waals surface area contributed by atoms with Gasteiger partial charge >= 0.3 is 0 Å². The van der Waals surface area contributed by atoms with E-state index < -0.39 is 5.60 Å². The summed E-state index contributed by atoms with van der Waals surface area (Å²) in [5.74, 6) is 0.841. The van der Waals surface area contributed by atoms with Gasteiger partial charge in [0.05, 0.1) is 12.8 Å². The Balaban J connectivity index is 1.99. The minimum atomic E-state index is -0.829. The van der Waals surface area contributed by atoms with Gasteiger partial charge in [0.25, 0.3) is 0 Å². The predicted molar refractivity (Wildman–Crippen MR) is 72.1 cm³/mol. The first-order valence-corrected chi connectivity index (χ1v) is 6.49. The van der Waals surface area contributed by atoms with Crippen LogP contribution in [0, 0.1) is 0 Å². The molecule has 0 fully saturated rings. The van der Waals surface area contributed by atoms with Crippen molar-refractivity contribution in [1.82, 2.24) is 9.78 Å². The number of aromatic nitrogens is 2. The molecule has 1 N–H and O–H groups in total. The molecular weight excluding hydrogens is 240 g/mol. The summed E-state index contributed by atoms with van der Waals surface area (Å²) in [5.41, 5.74) is 2.51. The maximum absolute atomic E-state index is 10.9. The number of fused-ring (bicyclic) bond motifs is 1. The van der Waals surface area contributed by atoms with E-state index in [1.54, 1.807) is 18.0 Å². The third-order valence-electron chi connectivity index (χ3n) is 4.00. The number of benzene rings is 1. The van der Waals surface area contributed by atoms with Gasteiger partial charge < -0.3 is 9.84 Å². The van der Waals surface area contributed by atoms with E-state index >= 15 is 0 Å². The molecule has 4 nitrogen and oxygen atoms in total. The number of aliphatic hydroxyl groups is 1. The van der Waals surface area contributed by atoms with Gasteiger partial charge in [0.15, 0.2) is 0 Å². The van der Waals surface area contributed by atoms with E-state index in [0.29, 0.717) is 6.42 Å². The fourth-order valence-corrected chi connectivity index (χ4v) is 2.93. The van der Waals surface area contributed by atoms with Crippen molar-refractivity contribution < 1.29 is 9.84 Å². The van der Waals surface area contributed by atoms with Crippen LogP contribution in [0.2, 0.25) is 0 Å². The van der Waals surface area contributed by atoms with Gasteiger partial charge in [-0.05, 0) is 42.2 Å². The largest absolute Gasteiger partial charge is 0.497 e. The first-order chi connectivity index (χ1) is 9.12. The molecule has 0 saturated carbocycles. The first kappa shape index (κ1) is 12.2. The second-order valence-corrected chi connectivity index (χ2v) is 5.18. The number of aryl methyl sites for hydroxylation is 2. The van der Waals surface area contributed by atoms with Crippen LogP contribution in [0.1, 0.15) is 23.2 Å². The summed E-state index contributed by atoms with van der Waals surface area (Å²) in [6, 6.07) is 7.99. The van der Waals surface area contributed by atoms with Crippen molar-refractivity contribution in [2.24, 2.45) is 7.05 Å². The molecular formula is C15H18N2O2. The minimum absolute atomic E-state index is 0.610. The van der Waals surface area contributed by atoms with Gasteiger partial charge in [0, 0.05) is 19.7 Å². The van der Waals surface area contributed by atoms with Crippen LogP contribution >= 0.6 is 0 Å². The van der Waals surface area contributed by atoms with Gasteiger partial charge in [-0.2, -0.15) is 5.10 Å². The molecule has 1 atom stereocenters. The lowest BCUT2D eigenvalue weighted by Gasteiger charge is -2.33. The van der Waals surface area contributed by atoms with Crippen molar-refractivity contribution in [1.29, 1.82) is 0 Å². The molecule has 1 aromatic carbocycles. The first-order valence-electron chi connectivity index (χ1n) is 6.49. The summed E-state index contributed by atoms with van der Waals surface area (Å²) in [5, 5.41) is 15.1. The maximum atomic E-state index is 10.9. The predicted octanol–water partition coefficient (Wildman–Crippen LogP) is 1.81. The van der Waals surface area contributed by atoms with Crippen LogP contribution in [-0.2, 0) is 25.5 Å². The quantitative estimate of drug-likeness (QED) is 0.893. The van der Waals surface area contributed by atoms with E-state index in [9.17, 15) is 5.11 Å². The monoisotopic (exact) mass is 258 g/mol. The van der Waals surface area contributed by atoms with Crippen LogP contribution in [0.5, 0.6) is 5.75 Å². The van der Waals surface area contributed by atoms with Gasteiger partial charge in [-0.15, -0.1) is 0 Å². The van der Waals surface area contributed by atoms with Crippen molar-refractivity contribution in [2.45, 2.75) is 24.9 Å². The summed E-state index contributed by atoms with van der Waals surface area (Å²) >= 11 is 0. The molecule has 0 spiro atoms. The van der Waals surface area contributed by atoms with Gasteiger partial charge in [0.1, 0.15) is 11.4 Å². The molecule has 2 aromatic rings. The summed E-state index contributed by atoms with van der Waals surface area (Å²) in [6.07, 6.45) is 3.94. The summed E-state index contributed by atoms with van der Waals surface area (Å²) < 4.78 is 7.02. The van der Waals surface area contributed by atoms with Crippen LogP contribution in [0.4, 0.5) is 0 Å². The fraction of sp³-hybridized carbons (Fsp3) is 0.400. The zero-order valence-corrected chi connectivity index (χ0v) is 11.3. The second-order valence-electron chi connectivity index (χ2n) is 5.18. The van der Waals surface area contributed by atoms with Crippen molar-refractivity contribution in [3.05, 3.63) is 47.3 Å². The highest BCUT2D eigenvalue weighted by atomic mass is 16.5. The molecule has 4 heteroatoms. The second kappa shape index (κ2) is 4.38. The lowest BCUT2D eigenvalue weighted by molar-refractivity contribution is 0.0143. The SMILES string of the molecule is COc1ccc2c(c1)CC(O)(c1ccnn1C)CC2. The van der Waals surface area contributed by atoms with E-state index in [2.05, 4.69) is 11.2 Å². The van der Waals surface area contributed by atoms with E-state index in [-0.39, 0.29) is 0 Å². The Bertz CT molecular complexity index is 606. The lowest BCUT2D eigenvalue weighted by atomic mass is 9.78. The summed E-state index contributed by atoms with van der Waals surface area (Å²) in [4.78, 5) is 0. The Morgan fingerprint density at radius 1 is 1.32 bits per heavy atom. The van der Waals surface area contributed by atoms with Gasteiger partial charge in [-0.25, -0.2) is 0 Å². The number of hydrogen-bond donors (Lipinski definition) is 1. The smallest absolute Gasteiger partial charge is 0.119 e. The number of nitrogens with zero attached hydrogens (tertiary/aromatic N) is 2. The Morgan fingerprint density at radius 3 is 2.84 bits per heavy atom. The van der Waals surface area contributed by atoms with Gasteiger partial charge in [-0.1, -0.05) is 6.07 Å². The molecule has 0 aliphatic heterocycles. The van der Waals surface area contributed by atoms with Crippen molar-refractivity contribution in [3.63, 3.8) is 0 Å². The zero-order chi connectivity index (χ0) is 13.5. The molecule has 1 heterocycles. The van der Waals surface area contributed by atoms with Gasteiger partial charge in [0.2, 0.25) is 0 Å². The lowest BCUT2D eigenvalue weighted by Crippen LogP contribution is -2.35. The molecule has 1 aromatic heterocycles. The molecule has 1 unspecified atom stereocenters. The molecule has 19 heavy (non-hydrogen) atoms. The van der Waals surface area contributed by atoms with E-state index in [0.717, 1.165) is 29.8 Å². The molecule has 0 amide bonds. The molecule has 0 saturated heterocycles. The molecule has 0 bridgehead atoms. The van der Waals surface area contributed by atoms with Crippen molar-refractivity contribution in [2.75, 3.05) is 7.11 Å². The Hall–Kier alpha value is -1.81. The van der Waals surface area contributed by atoms with Crippen molar-refractivity contribution >= 4 is 0 Å². The number of methoxy groups -OCH3 is 1. The molecule has 1 aliphatic rings. The maximum Gasteiger partial charge on any atom is 0.119 e. The standard InChI is InChI=1S/C15H18N2O2/c1-17-14(6-8-16-17)15(18)7-5-11-3-4-13(19-2)9-12(11)10-15/h3-4,6,8-9,18H,5,7,10H2,1-2H3. The normalized spacial score (nSPS) is 22.1. The third-order valence-corrected chi connectivity index (χ3v) is 4.00. The summed E-state index contributed by atoms with van der Waals surface area (Å²) in [7, 11) is 3.53. The average Bonchev–Trinajstić information content (AvgIpc) is 2.85. The summed E-state index contributed by atoms with van der Waals surface area (Å²) in [6.45, 7) is 0. The Labute approximate surface area is 112 Å². The van der Waals surface area contributed by atoms with Crippen LogP contribution in [0.15, 0.2) is 30.5 Å². The van der Waals surface area contributed by atoms with Gasteiger partial charge in [-0.3, -0.25) is 4.68 Å². The number of ether oxygens (including phenoxy) is 1. The van der Waals surface area contributed by atoms with E-state index in [1.165, 1.54) is 5.56 Å². The average molecular weight is 258 g/mol. The Morgan fingerprint density at radius 2 is 2.16 bits per heavy atom. The van der Waals surface area contributed by atoms with E-state index in [4.69, 9.17) is 4.74 Å². The van der Waals surface area contributed by atoms with Crippen LogP contribution < -0.4 is 4.74 Å². The van der Waals surface area contributed by atoms with Crippen molar-refractivity contribution in [3.8, 4) is 5.75 Å². The number of rotatable bonds is 2. The fourth-order valence-electron chi connectivity index (χ4n) is 2.93. The zero-order valence-electron chi connectivity index (χ0n) is 11.3. The minimum Gasteiger partial charge on any atom is -0.497 e. The highest BCUT2D eigenvalue weighted by Gasteiger charge is 2.36. The topological polar surface area (TPSA) is 47.3 Å². The molecule has 0 radical (unpaired) electrons. The van der Waals surface area contributed by atoms with E-state index in [1.807, 2.05) is 25.2 Å². The van der Waals surface area contributed by atoms with Crippen LogP contribution in [-0.4, -0.2) is 22.0 Å². The molecule has 100 valence electrons. The Kier molecular flexibility index (Phi) is 2.82. The van der Waals surface area contributed by atoms with Crippen LogP contribution in [0.3, 0.4) is 0 Å².